The minimum absolute atomic E-state index is 0.228. The van der Waals surface area contributed by atoms with Gasteiger partial charge in [0.2, 0.25) is 0 Å². The number of hydrogen-bond acceptors (Lipinski definition) is 3. The SMILES string of the molecule is Cc1cc(C(N)c2cccc(S(C)(=O)=O)c2)cc(C)c1F. The number of sulfone groups is 1. The zero-order chi connectivity index (χ0) is 15.8. The first kappa shape index (κ1) is 15.7. The Labute approximate surface area is 124 Å². The van der Waals surface area contributed by atoms with E-state index in [0.29, 0.717) is 16.7 Å². The van der Waals surface area contributed by atoms with Crippen molar-refractivity contribution in [1.82, 2.24) is 0 Å². The van der Waals surface area contributed by atoms with Crippen LogP contribution in [0.25, 0.3) is 0 Å². The normalized spacial score (nSPS) is 13.2. The van der Waals surface area contributed by atoms with Crippen LogP contribution in [0.2, 0.25) is 0 Å². The molecule has 0 radical (unpaired) electrons. The van der Waals surface area contributed by atoms with Gasteiger partial charge in [-0.2, -0.15) is 0 Å². The van der Waals surface area contributed by atoms with Crippen LogP contribution in [0.5, 0.6) is 0 Å². The molecule has 1 unspecified atom stereocenters. The molecule has 112 valence electrons. The molecule has 0 saturated heterocycles. The fraction of sp³-hybridized carbons (Fsp3) is 0.250. The Morgan fingerprint density at radius 1 is 1.05 bits per heavy atom. The lowest BCUT2D eigenvalue weighted by Crippen LogP contribution is -2.13. The molecule has 2 N–H and O–H groups in total. The second-order valence-electron chi connectivity index (χ2n) is 5.29. The highest BCUT2D eigenvalue weighted by atomic mass is 32.2. The van der Waals surface area contributed by atoms with Crippen LogP contribution in [0.3, 0.4) is 0 Å². The van der Waals surface area contributed by atoms with Crippen LogP contribution in [-0.2, 0) is 9.84 Å². The van der Waals surface area contributed by atoms with Crippen molar-refractivity contribution in [1.29, 1.82) is 0 Å². The van der Waals surface area contributed by atoms with E-state index in [9.17, 15) is 12.8 Å². The maximum atomic E-state index is 13.7. The molecule has 1 atom stereocenters. The van der Waals surface area contributed by atoms with Crippen molar-refractivity contribution >= 4 is 9.84 Å². The molecule has 5 heteroatoms. The maximum Gasteiger partial charge on any atom is 0.175 e. The Morgan fingerprint density at radius 3 is 2.14 bits per heavy atom. The molecule has 0 aromatic heterocycles. The lowest BCUT2D eigenvalue weighted by Gasteiger charge is -2.15. The zero-order valence-electron chi connectivity index (χ0n) is 12.2. The first-order valence-electron chi connectivity index (χ1n) is 6.52. The molecule has 0 saturated carbocycles. The van der Waals surface area contributed by atoms with E-state index in [1.807, 2.05) is 0 Å². The van der Waals surface area contributed by atoms with Gasteiger partial charge in [0.15, 0.2) is 9.84 Å². The highest BCUT2D eigenvalue weighted by Crippen LogP contribution is 2.25. The zero-order valence-corrected chi connectivity index (χ0v) is 13.0. The van der Waals surface area contributed by atoms with Gasteiger partial charge >= 0.3 is 0 Å². The monoisotopic (exact) mass is 307 g/mol. The number of nitrogens with two attached hydrogens (primary N) is 1. The summed E-state index contributed by atoms with van der Waals surface area (Å²) in [7, 11) is -3.28. The molecule has 0 bridgehead atoms. The summed E-state index contributed by atoms with van der Waals surface area (Å²) in [6.45, 7) is 3.37. The number of hydrogen-bond donors (Lipinski definition) is 1. The molecule has 3 nitrogen and oxygen atoms in total. The van der Waals surface area contributed by atoms with E-state index in [0.717, 1.165) is 11.8 Å². The predicted molar refractivity (Wildman–Crippen MR) is 81.5 cm³/mol. The average Bonchev–Trinajstić information content (AvgIpc) is 2.42. The van der Waals surface area contributed by atoms with E-state index in [2.05, 4.69) is 0 Å². The van der Waals surface area contributed by atoms with Gasteiger partial charge < -0.3 is 5.73 Å². The van der Waals surface area contributed by atoms with Crippen molar-refractivity contribution in [3.63, 3.8) is 0 Å². The van der Waals surface area contributed by atoms with Crippen LogP contribution in [0, 0.1) is 19.7 Å². The van der Waals surface area contributed by atoms with Gasteiger partial charge in [-0.05, 0) is 48.2 Å². The fourth-order valence-electron chi connectivity index (χ4n) is 2.29. The Kier molecular flexibility index (Phi) is 4.16. The average molecular weight is 307 g/mol. The van der Waals surface area contributed by atoms with Gasteiger partial charge in [0.1, 0.15) is 5.82 Å². The van der Waals surface area contributed by atoms with E-state index in [1.165, 1.54) is 6.07 Å². The van der Waals surface area contributed by atoms with Crippen LogP contribution in [-0.4, -0.2) is 14.7 Å². The molecule has 0 spiro atoms. The molecule has 21 heavy (non-hydrogen) atoms. The molecule has 0 aliphatic rings. The topological polar surface area (TPSA) is 60.2 Å². The smallest absolute Gasteiger partial charge is 0.175 e. The standard InChI is InChI=1S/C16H18FNO2S/c1-10-7-13(8-11(2)15(10)17)16(18)12-5-4-6-14(9-12)21(3,19)20/h4-9,16H,18H2,1-3H3. The lowest BCUT2D eigenvalue weighted by molar-refractivity contribution is 0.601. The van der Waals surface area contributed by atoms with Crippen molar-refractivity contribution in [2.24, 2.45) is 5.73 Å². The van der Waals surface area contributed by atoms with E-state index < -0.39 is 15.9 Å². The Bertz CT molecular complexity index is 762. The summed E-state index contributed by atoms with van der Waals surface area (Å²) in [6, 6.07) is 9.42. The molecule has 2 aromatic carbocycles. The summed E-state index contributed by atoms with van der Waals surface area (Å²) in [5.41, 5.74) is 8.70. The number of halogens is 1. The van der Waals surface area contributed by atoms with Crippen LogP contribution in [0.1, 0.15) is 28.3 Å². The highest BCUT2D eigenvalue weighted by molar-refractivity contribution is 7.90. The second-order valence-corrected chi connectivity index (χ2v) is 7.31. The molecular formula is C16H18FNO2S. The minimum Gasteiger partial charge on any atom is -0.320 e. The van der Waals surface area contributed by atoms with Crippen molar-refractivity contribution < 1.29 is 12.8 Å². The third-order valence-electron chi connectivity index (χ3n) is 3.46. The molecule has 0 aliphatic carbocycles. The van der Waals surface area contributed by atoms with Crippen molar-refractivity contribution in [3.8, 4) is 0 Å². The largest absolute Gasteiger partial charge is 0.320 e. The Balaban J connectivity index is 2.48. The summed E-state index contributed by atoms with van der Waals surface area (Å²) in [5, 5.41) is 0. The van der Waals surface area contributed by atoms with Gasteiger partial charge in [0, 0.05) is 6.26 Å². The number of benzene rings is 2. The van der Waals surface area contributed by atoms with Crippen LogP contribution < -0.4 is 5.73 Å². The molecular weight excluding hydrogens is 289 g/mol. The molecule has 2 aromatic rings. The fourth-order valence-corrected chi connectivity index (χ4v) is 2.97. The number of rotatable bonds is 3. The lowest BCUT2D eigenvalue weighted by atomic mass is 9.96. The summed E-state index contributed by atoms with van der Waals surface area (Å²) < 4.78 is 36.9. The van der Waals surface area contributed by atoms with E-state index in [-0.39, 0.29) is 10.7 Å². The Hall–Kier alpha value is -1.72. The van der Waals surface area contributed by atoms with Crippen molar-refractivity contribution in [3.05, 3.63) is 64.5 Å². The second kappa shape index (κ2) is 5.58. The van der Waals surface area contributed by atoms with Crippen molar-refractivity contribution in [2.75, 3.05) is 6.26 Å². The first-order chi connectivity index (χ1) is 9.70. The van der Waals surface area contributed by atoms with E-state index >= 15 is 0 Å². The van der Waals surface area contributed by atoms with Crippen molar-refractivity contribution in [2.45, 2.75) is 24.8 Å². The van der Waals surface area contributed by atoms with Crippen LogP contribution in [0.4, 0.5) is 4.39 Å². The van der Waals surface area contributed by atoms with Gasteiger partial charge in [-0.1, -0.05) is 24.3 Å². The predicted octanol–water partition coefficient (Wildman–Crippen LogP) is 2.89. The van der Waals surface area contributed by atoms with Crippen LogP contribution >= 0.6 is 0 Å². The highest BCUT2D eigenvalue weighted by Gasteiger charge is 2.15. The summed E-state index contributed by atoms with van der Waals surface area (Å²) in [4.78, 5) is 0.228. The third kappa shape index (κ3) is 3.31. The summed E-state index contributed by atoms with van der Waals surface area (Å²) in [5.74, 6) is -0.240. The maximum absolute atomic E-state index is 13.7. The molecule has 2 rings (SSSR count). The molecule has 0 heterocycles. The quantitative estimate of drug-likeness (QED) is 0.948. The van der Waals surface area contributed by atoms with E-state index in [4.69, 9.17) is 5.73 Å². The Morgan fingerprint density at radius 2 is 1.62 bits per heavy atom. The number of aryl methyl sites for hydroxylation is 2. The molecule has 0 amide bonds. The van der Waals surface area contributed by atoms with E-state index in [1.54, 1.807) is 44.2 Å². The van der Waals surface area contributed by atoms with Gasteiger partial charge in [-0.3, -0.25) is 0 Å². The van der Waals surface area contributed by atoms with Gasteiger partial charge in [0.25, 0.3) is 0 Å². The minimum atomic E-state index is -3.28. The first-order valence-corrected chi connectivity index (χ1v) is 8.41. The summed E-state index contributed by atoms with van der Waals surface area (Å²) >= 11 is 0. The summed E-state index contributed by atoms with van der Waals surface area (Å²) in [6.07, 6.45) is 1.16. The third-order valence-corrected chi connectivity index (χ3v) is 4.57. The van der Waals surface area contributed by atoms with Gasteiger partial charge in [-0.25, -0.2) is 12.8 Å². The van der Waals surface area contributed by atoms with Gasteiger partial charge in [0.05, 0.1) is 10.9 Å². The van der Waals surface area contributed by atoms with Gasteiger partial charge in [-0.15, -0.1) is 0 Å². The molecule has 0 aliphatic heterocycles. The van der Waals surface area contributed by atoms with Crippen LogP contribution in [0.15, 0.2) is 41.3 Å². The molecule has 0 fully saturated rings.